The zero-order valence-corrected chi connectivity index (χ0v) is 34.1. The van der Waals surface area contributed by atoms with Gasteiger partial charge in [0, 0.05) is 42.6 Å². The number of fused-ring (bicyclic) bond motifs is 2. The van der Waals surface area contributed by atoms with Gasteiger partial charge in [-0.25, -0.2) is 9.97 Å². The minimum Gasteiger partial charge on any atom is -0.493 e. The van der Waals surface area contributed by atoms with Crippen LogP contribution in [0.2, 0.25) is 0 Å². The van der Waals surface area contributed by atoms with Gasteiger partial charge in [-0.3, -0.25) is 39.0 Å². The van der Waals surface area contributed by atoms with Gasteiger partial charge < -0.3 is 35.5 Å². The van der Waals surface area contributed by atoms with E-state index in [1.54, 1.807) is 33.0 Å². The summed E-state index contributed by atoms with van der Waals surface area (Å²) in [4.78, 5) is 87.7. The van der Waals surface area contributed by atoms with E-state index in [0.29, 0.717) is 46.2 Å². The Morgan fingerprint density at radius 2 is 1.79 bits per heavy atom. The SMILES string of the molecule is COc1cc2nc(C)nc(N[C@H](C)c3cc(N)cc(C(F)(F)F)c3)c2cc1OCC1(CN(C)C(=O)CNC(=O)COc2cccc3c2C(=O)N(C2CCC(=O)NC2=O)C3=O)CC1. The molecule has 0 bridgehead atoms. The second-order valence-electron chi connectivity index (χ2n) is 15.6. The number of nitrogens with two attached hydrogens (primary N) is 1. The number of hydrogen-bond donors (Lipinski definition) is 4. The lowest BCUT2D eigenvalue weighted by Crippen LogP contribution is -2.54. The van der Waals surface area contributed by atoms with Crippen LogP contribution in [-0.4, -0.2) is 102 Å². The molecule has 0 radical (unpaired) electrons. The van der Waals surface area contributed by atoms with Crippen LogP contribution in [-0.2, 0) is 25.4 Å². The van der Waals surface area contributed by atoms with Gasteiger partial charge in [-0.05, 0) is 75.1 Å². The van der Waals surface area contributed by atoms with Crippen LogP contribution < -0.4 is 35.9 Å². The highest BCUT2D eigenvalue weighted by Gasteiger charge is 2.47. The molecule has 62 heavy (non-hydrogen) atoms. The number of imide groups is 2. The number of nitrogen functional groups attached to an aromatic ring is 1. The number of aryl methyl sites for hydroxylation is 1. The average molecular weight is 861 g/mol. The van der Waals surface area contributed by atoms with Crippen molar-refractivity contribution in [3.05, 3.63) is 76.6 Å². The first kappa shape index (κ1) is 43.1. The number of rotatable bonds is 15. The molecule has 0 spiro atoms. The van der Waals surface area contributed by atoms with Crippen molar-refractivity contribution in [2.45, 2.75) is 57.8 Å². The molecule has 3 heterocycles. The summed E-state index contributed by atoms with van der Waals surface area (Å²) in [5, 5.41) is 8.37. The number of anilines is 2. The number of carbonyl (C=O) groups excluding carboxylic acids is 6. The van der Waals surface area contributed by atoms with E-state index in [1.165, 1.54) is 36.3 Å². The Kier molecular flexibility index (Phi) is 11.7. The standard InChI is InChI=1S/C42H43F3N8O9/c1-21(23-12-24(42(43,44)45)14-25(46)13-23)48-37-27-15-32(31(60-4)16-28(27)49-22(2)50-37)62-20-41(10-11-41)19-52(3)35(56)17-47-34(55)18-61-30-7-5-6-26-36(30)40(59)53(39(26)58)29-8-9-33(54)51-38(29)57/h5-7,12-16,21,29H,8-11,17-20,46H2,1-4H3,(H,47,55)(H,48,49,50)(H,51,54,57)/t21-,29?/m1/s1. The van der Waals surface area contributed by atoms with Crippen LogP contribution in [0.3, 0.4) is 0 Å². The number of amides is 6. The van der Waals surface area contributed by atoms with E-state index in [-0.39, 0.29) is 48.6 Å². The first-order valence-corrected chi connectivity index (χ1v) is 19.6. The van der Waals surface area contributed by atoms with E-state index in [0.717, 1.165) is 29.9 Å². The van der Waals surface area contributed by atoms with Crippen molar-refractivity contribution in [1.29, 1.82) is 0 Å². The molecule has 1 unspecified atom stereocenters. The van der Waals surface area contributed by atoms with Crippen LogP contribution in [0.4, 0.5) is 24.7 Å². The minimum absolute atomic E-state index is 0.00859. The van der Waals surface area contributed by atoms with Gasteiger partial charge in [-0.1, -0.05) is 6.07 Å². The molecule has 1 aromatic heterocycles. The number of likely N-dealkylation sites (N-methyl/N-ethyl adjacent to an activating group) is 1. The van der Waals surface area contributed by atoms with Gasteiger partial charge in [0.05, 0.1) is 48.5 Å². The molecular formula is C42H43F3N8O9. The van der Waals surface area contributed by atoms with Crippen molar-refractivity contribution in [2.75, 3.05) is 51.5 Å². The largest absolute Gasteiger partial charge is 0.493 e. The number of carbonyl (C=O) groups is 6. The average Bonchev–Trinajstić information content (AvgIpc) is 3.94. The summed E-state index contributed by atoms with van der Waals surface area (Å²) in [6, 6.07) is 9.22. The van der Waals surface area contributed by atoms with Gasteiger partial charge in [0.2, 0.25) is 17.7 Å². The summed E-state index contributed by atoms with van der Waals surface area (Å²) in [7, 11) is 3.08. The Bertz CT molecular complexity index is 2510. The summed E-state index contributed by atoms with van der Waals surface area (Å²) in [6.07, 6.45) is -3.14. The van der Waals surface area contributed by atoms with Crippen LogP contribution >= 0.6 is 0 Å². The molecule has 4 aromatic rings. The van der Waals surface area contributed by atoms with E-state index in [1.807, 2.05) is 0 Å². The monoisotopic (exact) mass is 860 g/mol. The Balaban J connectivity index is 0.944. The quantitative estimate of drug-likeness (QED) is 0.0984. The molecular weight excluding hydrogens is 818 g/mol. The number of ether oxygens (including phenoxy) is 3. The number of hydrogen-bond acceptors (Lipinski definition) is 13. The fourth-order valence-corrected chi connectivity index (χ4v) is 7.47. The highest BCUT2D eigenvalue weighted by molar-refractivity contribution is 6.24. The zero-order chi connectivity index (χ0) is 44.7. The molecule has 5 N–H and O–H groups in total. The van der Waals surface area contributed by atoms with Crippen molar-refractivity contribution in [1.82, 2.24) is 30.4 Å². The van der Waals surface area contributed by atoms with Gasteiger partial charge >= 0.3 is 6.18 Å². The molecule has 17 nitrogen and oxygen atoms in total. The molecule has 1 saturated carbocycles. The fourth-order valence-electron chi connectivity index (χ4n) is 7.47. The lowest BCUT2D eigenvalue weighted by atomic mass is 10.0. The van der Waals surface area contributed by atoms with E-state index < -0.39 is 71.3 Å². The van der Waals surface area contributed by atoms with E-state index in [2.05, 4.69) is 25.9 Å². The Morgan fingerprint density at radius 1 is 1.03 bits per heavy atom. The molecule has 2 atom stereocenters. The van der Waals surface area contributed by atoms with E-state index in [9.17, 15) is 41.9 Å². The maximum absolute atomic E-state index is 13.5. The smallest absolute Gasteiger partial charge is 0.416 e. The van der Waals surface area contributed by atoms with E-state index in [4.69, 9.17) is 19.9 Å². The van der Waals surface area contributed by atoms with Crippen molar-refractivity contribution in [2.24, 2.45) is 5.41 Å². The van der Waals surface area contributed by atoms with E-state index >= 15 is 0 Å². The molecule has 7 rings (SSSR count). The summed E-state index contributed by atoms with van der Waals surface area (Å²) in [5.41, 5.74) is 5.21. The van der Waals surface area contributed by atoms with Crippen LogP contribution in [0.1, 0.15) is 76.3 Å². The third-order valence-electron chi connectivity index (χ3n) is 11.0. The zero-order valence-electron chi connectivity index (χ0n) is 34.1. The molecule has 1 aliphatic carbocycles. The topological polar surface area (TPSA) is 224 Å². The number of alkyl halides is 3. The maximum Gasteiger partial charge on any atom is 0.416 e. The third-order valence-corrected chi connectivity index (χ3v) is 11.0. The first-order chi connectivity index (χ1) is 29.4. The molecule has 2 fully saturated rings. The van der Waals surface area contributed by atoms with Crippen molar-refractivity contribution >= 4 is 57.9 Å². The van der Waals surface area contributed by atoms with Gasteiger partial charge in [-0.2, -0.15) is 13.2 Å². The second-order valence-corrected chi connectivity index (χ2v) is 15.6. The summed E-state index contributed by atoms with van der Waals surface area (Å²) >= 11 is 0. The lowest BCUT2D eigenvalue weighted by molar-refractivity contribution is -0.138. The van der Waals surface area contributed by atoms with Gasteiger partial charge in [-0.15, -0.1) is 0 Å². The molecule has 3 aliphatic rings. The van der Waals surface area contributed by atoms with Crippen molar-refractivity contribution in [3.63, 3.8) is 0 Å². The molecule has 3 aromatic carbocycles. The summed E-state index contributed by atoms with van der Waals surface area (Å²) < 4.78 is 58.2. The fraction of sp³-hybridized carbons (Fsp3) is 0.381. The van der Waals surface area contributed by atoms with Crippen LogP contribution in [0.5, 0.6) is 17.2 Å². The maximum atomic E-state index is 13.5. The predicted molar refractivity (Wildman–Crippen MR) is 215 cm³/mol. The van der Waals surface area contributed by atoms with Gasteiger partial charge in [0.15, 0.2) is 18.1 Å². The molecule has 2 aliphatic heterocycles. The highest BCUT2D eigenvalue weighted by atomic mass is 19.4. The Labute approximate surface area is 352 Å². The number of aromatic nitrogens is 2. The number of benzene rings is 3. The molecule has 326 valence electrons. The third kappa shape index (κ3) is 9.03. The number of piperidine rings is 1. The number of nitrogens with one attached hydrogen (secondary N) is 3. The van der Waals surface area contributed by atoms with Crippen molar-refractivity contribution in [3.8, 4) is 17.2 Å². The molecule has 20 heteroatoms. The Morgan fingerprint density at radius 3 is 2.48 bits per heavy atom. The predicted octanol–water partition coefficient (Wildman–Crippen LogP) is 3.93. The Hall–Kier alpha value is -6.99. The number of methoxy groups -OCH3 is 1. The minimum atomic E-state index is -4.58. The summed E-state index contributed by atoms with van der Waals surface area (Å²) in [6.45, 7) is 2.94. The molecule has 6 amide bonds. The molecule has 1 saturated heterocycles. The number of nitrogens with zero attached hydrogens (tertiary/aromatic N) is 4. The van der Waals surface area contributed by atoms with Gasteiger partial charge in [0.25, 0.3) is 17.7 Å². The van der Waals surface area contributed by atoms with Crippen molar-refractivity contribution < 1.29 is 56.1 Å². The second kappa shape index (κ2) is 16.8. The highest BCUT2D eigenvalue weighted by Crippen LogP contribution is 2.47. The van der Waals surface area contributed by atoms with Gasteiger partial charge in [0.1, 0.15) is 23.4 Å². The summed E-state index contributed by atoms with van der Waals surface area (Å²) in [5.74, 6) is -2.38. The van der Waals surface area contributed by atoms with Crippen LogP contribution in [0.15, 0.2) is 48.5 Å². The first-order valence-electron chi connectivity index (χ1n) is 19.6. The number of halogens is 3. The normalized spacial score (nSPS) is 17.3. The van der Waals surface area contributed by atoms with Crippen LogP contribution in [0, 0.1) is 12.3 Å². The lowest BCUT2D eigenvalue weighted by Gasteiger charge is -2.27. The van der Waals surface area contributed by atoms with Crippen LogP contribution in [0.25, 0.3) is 10.9 Å².